The molecule has 174 valence electrons. The van der Waals surface area contributed by atoms with Gasteiger partial charge in [-0.25, -0.2) is 9.97 Å². The van der Waals surface area contributed by atoms with Gasteiger partial charge < -0.3 is 15.0 Å². The first-order valence-corrected chi connectivity index (χ1v) is 12.3. The number of likely N-dealkylation sites (tertiary alicyclic amines) is 1. The van der Waals surface area contributed by atoms with Crippen molar-refractivity contribution in [3.63, 3.8) is 0 Å². The SMILES string of the molecule is CCOc1cncc(-c2cnc(C(=O)NC(CCN3CCC(C)C3)c3cc(Cl)ccn3)s2)n1. The summed E-state index contributed by atoms with van der Waals surface area (Å²) >= 11 is 7.47. The second-order valence-electron chi connectivity index (χ2n) is 8.11. The summed E-state index contributed by atoms with van der Waals surface area (Å²) in [5.41, 5.74) is 1.36. The average Bonchev–Trinajstić information content (AvgIpc) is 3.46. The monoisotopic (exact) mass is 486 g/mol. The smallest absolute Gasteiger partial charge is 0.280 e. The maximum Gasteiger partial charge on any atom is 0.280 e. The average molecular weight is 487 g/mol. The first-order valence-electron chi connectivity index (χ1n) is 11.1. The van der Waals surface area contributed by atoms with E-state index in [1.54, 1.807) is 36.9 Å². The van der Waals surface area contributed by atoms with Gasteiger partial charge in [-0.05, 0) is 44.4 Å². The van der Waals surface area contributed by atoms with Crippen LogP contribution in [0.15, 0.2) is 36.9 Å². The van der Waals surface area contributed by atoms with Crippen molar-refractivity contribution in [2.45, 2.75) is 32.7 Å². The largest absolute Gasteiger partial charge is 0.477 e. The van der Waals surface area contributed by atoms with Crippen LogP contribution in [0.2, 0.25) is 5.02 Å². The highest BCUT2D eigenvalue weighted by Gasteiger charge is 2.23. The third kappa shape index (κ3) is 6.25. The van der Waals surface area contributed by atoms with Crippen LogP contribution in [0.1, 0.15) is 48.2 Å². The summed E-state index contributed by atoms with van der Waals surface area (Å²) in [6.45, 7) is 7.71. The Morgan fingerprint density at radius 3 is 3.00 bits per heavy atom. The number of carbonyl (C=O) groups is 1. The highest BCUT2D eigenvalue weighted by atomic mass is 35.5. The fourth-order valence-corrected chi connectivity index (χ4v) is 4.79. The van der Waals surface area contributed by atoms with Crippen molar-refractivity contribution in [2.24, 2.45) is 5.92 Å². The number of hydrogen-bond donors (Lipinski definition) is 1. The third-order valence-corrected chi connectivity index (χ3v) is 6.76. The summed E-state index contributed by atoms with van der Waals surface area (Å²) in [5.74, 6) is 0.903. The van der Waals surface area contributed by atoms with E-state index in [9.17, 15) is 4.79 Å². The Labute approximate surface area is 202 Å². The van der Waals surface area contributed by atoms with Gasteiger partial charge in [0.25, 0.3) is 5.91 Å². The molecule has 1 fully saturated rings. The Bertz CT molecular complexity index is 1090. The molecule has 8 nitrogen and oxygen atoms in total. The predicted octanol–water partition coefficient (Wildman–Crippen LogP) is 4.25. The summed E-state index contributed by atoms with van der Waals surface area (Å²) in [6, 6.07) is 3.28. The Morgan fingerprint density at radius 2 is 2.24 bits per heavy atom. The van der Waals surface area contributed by atoms with Crippen molar-refractivity contribution in [1.29, 1.82) is 0 Å². The molecule has 1 aliphatic rings. The van der Waals surface area contributed by atoms with Crippen LogP contribution in [0.4, 0.5) is 0 Å². The van der Waals surface area contributed by atoms with Crippen molar-refractivity contribution in [1.82, 2.24) is 30.2 Å². The van der Waals surface area contributed by atoms with Crippen molar-refractivity contribution >= 4 is 28.8 Å². The Balaban J connectivity index is 1.48. The fourth-order valence-electron chi connectivity index (χ4n) is 3.85. The first-order chi connectivity index (χ1) is 16.0. The standard InChI is InChI=1S/C23H27ClN6O2S/c1-3-32-21-13-25-11-19(28-21)20-12-27-23(33-20)22(31)29-17(18-10-16(24)4-7-26-18)6-9-30-8-5-15(2)14-30/h4,7,10-13,15,17H,3,5-6,8-9,14H2,1-2H3,(H,29,31). The number of hydrogen-bond acceptors (Lipinski definition) is 8. The molecule has 0 aliphatic carbocycles. The molecule has 1 saturated heterocycles. The second kappa shape index (κ2) is 11.0. The topological polar surface area (TPSA) is 93.1 Å². The Morgan fingerprint density at radius 1 is 1.36 bits per heavy atom. The number of ether oxygens (including phenoxy) is 1. The molecule has 0 radical (unpaired) electrons. The molecule has 2 atom stereocenters. The lowest BCUT2D eigenvalue weighted by Gasteiger charge is -2.22. The quantitative estimate of drug-likeness (QED) is 0.483. The molecule has 0 bridgehead atoms. The molecule has 10 heteroatoms. The number of nitrogens with one attached hydrogen (secondary N) is 1. The number of amides is 1. The number of halogens is 1. The van der Waals surface area contributed by atoms with Gasteiger partial charge in [-0.15, -0.1) is 11.3 Å². The van der Waals surface area contributed by atoms with Crippen molar-refractivity contribution < 1.29 is 9.53 Å². The van der Waals surface area contributed by atoms with Crippen molar-refractivity contribution in [3.05, 3.63) is 52.6 Å². The number of aromatic nitrogens is 4. The molecule has 1 aliphatic heterocycles. The molecular formula is C23H27ClN6O2S. The van der Waals surface area contributed by atoms with Crippen molar-refractivity contribution in [3.8, 4) is 16.5 Å². The van der Waals surface area contributed by atoms with E-state index in [4.69, 9.17) is 16.3 Å². The molecular weight excluding hydrogens is 460 g/mol. The van der Waals surface area contributed by atoms with Crippen LogP contribution >= 0.6 is 22.9 Å². The van der Waals surface area contributed by atoms with E-state index in [-0.39, 0.29) is 11.9 Å². The minimum absolute atomic E-state index is 0.248. The van der Waals surface area contributed by atoms with E-state index < -0.39 is 0 Å². The summed E-state index contributed by atoms with van der Waals surface area (Å²) in [5, 5.41) is 4.06. The Hall–Kier alpha value is -2.62. The molecule has 4 rings (SSSR count). The molecule has 0 spiro atoms. The van der Waals surface area contributed by atoms with Crippen LogP contribution in [0.3, 0.4) is 0 Å². The van der Waals surface area contributed by atoms with Crippen LogP contribution in [-0.2, 0) is 0 Å². The van der Waals surface area contributed by atoms with Crippen LogP contribution in [0.5, 0.6) is 5.88 Å². The minimum Gasteiger partial charge on any atom is -0.477 e. The van der Waals surface area contributed by atoms with E-state index in [1.807, 2.05) is 6.92 Å². The zero-order valence-corrected chi connectivity index (χ0v) is 20.3. The van der Waals surface area contributed by atoms with Crippen LogP contribution in [0.25, 0.3) is 10.6 Å². The Kier molecular flexibility index (Phi) is 7.85. The maximum atomic E-state index is 13.1. The van der Waals surface area contributed by atoms with Crippen molar-refractivity contribution in [2.75, 3.05) is 26.2 Å². The van der Waals surface area contributed by atoms with Crippen LogP contribution in [-0.4, -0.2) is 57.0 Å². The summed E-state index contributed by atoms with van der Waals surface area (Å²) in [6.07, 6.45) is 8.45. The van der Waals surface area contributed by atoms with Gasteiger partial charge in [0, 0.05) is 30.5 Å². The zero-order chi connectivity index (χ0) is 23.2. The van der Waals surface area contributed by atoms with Gasteiger partial charge in [-0.3, -0.25) is 14.8 Å². The van der Waals surface area contributed by atoms with Gasteiger partial charge in [0.15, 0.2) is 5.01 Å². The van der Waals surface area contributed by atoms with E-state index >= 15 is 0 Å². The second-order valence-corrected chi connectivity index (χ2v) is 9.58. The lowest BCUT2D eigenvalue weighted by atomic mass is 10.1. The van der Waals surface area contributed by atoms with Crippen LogP contribution in [0, 0.1) is 5.92 Å². The number of rotatable bonds is 9. The fraction of sp³-hybridized carbons (Fsp3) is 0.435. The molecule has 0 aromatic carbocycles. The highest BCUT2D eigenvalue weighted by molar-refractivity contribution is 7.16. The maximum absolute atomic E-state index is 13.1. The number of carbonyl (C=O) groups excluding carboxylic acids is 1. The number of nitrogens with zero attached hydrogens (tertiary/aromatic N) is 5. The summed E-state index contributed by atoms with van der Waals surface area (Å²) in [7, 11) is 0. The van der Waals surface area contributed by atoms with Gasteiger partial charge in [-0.1, -0.05) is 18.5 Å². The van der Waals surface area contributed by atoms with Gasteiger partial charge in [-0.2, -0.15) is 0 Å². The summed E-state index contributed by atoms with van der Waals surface area (Å²) < 4.78 is 5.42. The third-order valence-electron chi connectivity index (χ3n) is 5.50. The molecule has 3 aromatic heterocycles. The molecule has 33 heavy (non-hydrogen) atoms. The van der Waals surface area contributed by atoms with Gasteiger partial charge >= 0.3 is 0 Å². The molecule has 1 N–H and O–H groups in total. The number of pyridine rings is 1. The highest BCUT2D eigenvalue weighted by Crippen LogP contribution is 2.27. The van der Waals surface area contributed by atoms with Gasteiger partial charge in [0.1, 0.15) is 5.69 Å². The minimum atomic E-state index is -0.263. The molecule has 0 saturated carbocycles. The van der Waals surface area contributed by atoms with E-state index in [0.717, 1.165) is 36.6 Å². The number of thiazole rings is 1. The van der Waals surface area contributed by atoms with Gasteiger partial charge in [0.2, 0.25) is 5.88 Å². The molecule has 2 unspecified atom stereocenters. The summed E-state index contributed by atoms with van der Waals surface area (Å²) in [4.78, 5) is 33.6. The predicted molar refractivity (Wildman–Crippen MR) is 129 cm³/mol. The molecule has 4 heterocycles. The normalized spacial score (nSPS) is 17.1. The lowest BCUT2D eigenvalue weighted by molar-refractivity contribution is 0.0930. The van der Waals surface area contributed by atoms with E-state index in [0.29, 0.717) is 34.1 Å². The van der Waals surface area contributed by atoms with Crippen LogP contribution < -0.4 is 10.1 Å². The van der Waals surface area contributed by atoms with E-state index in [1.165, 1.54) is 17.8 Å². The van der Waals surface area contributed by atoms with Gasteiger partial charge in [0.05, 0.1) is 35.6 Å². The molecule has 1 amide bonds. The zero-order valence-electron chi connectivity index (χ0n) is 18.7. The lowest BCUT2D eigenvalue weighted by Crippen LogP contribution is -2.32. The molecule has 3 aromatic rings. The van der Waals surface area contributed by atoms with E-state index in [2.05, 4.69) is 37.1 Å². The first kappa shape index (κ1) is 23.5.